The highest BCUT2D eigenvalue weighted by Crippen LogP contribution is 2.11. The fraction of sp³-hybridized carbons (Fsp3) is 0.600. The Hall–Kier alpha value is -0.930. The number of piperidine rings is 1. The molecule has 0 atom stereocenters. The molecule has 0 spiro atoms. The van der Waals surface area contributed by atoms with Gasteiger partial charge in [0, 0.05) is 6.04 Å². The molecule has 0 amide bonds. The molecule has 1 fully saturated rings. The number of nitrogens with zero attached hydrogens (tertiary/aromatic N) is 1. The molecule has 2 nitrogen and oxygen atoms in total. The molecular formula is C15H23FN2. The second-order valence-corrected chi connectivity index (χ2v) is 5.19. The van der Waals surface area contributed by atoms with E-state index >= 15 is 0 Å². The number of aryl methyl sites for hydroxylation is 1. The van der Waals surface area contributed by atoms with Gasteiger partial charge in [0.15, 0.2) is 0 Å². The Morgan fingerprint density at radius 3 is 2.56 bits per heavy atom. The zero-order valence-corrected chi connectivity index (χ0v) is 11.2. The second-order valence-electron chi connectivity index (χ2n) is 5.19. The summed E-state index contributed by atoms with van der Waals surface area (Å²) in [5.74, 6) is -0.148. The minimum absolute atomic E-state index is 0.148. The molecule has 100 valence electrons. The van der Waals surface area contributed by atoms with Crippen molar-refractivity contribution in [2.24, 2.45) is 0 Å². The average molecular weight is 250 g/mol. The molecule has 1 aliphatic heterocycles. The smallest absolute Gasteiger partial charge is 0.123 e. The first-order valence-corrected chi connectivity index (χ1v) is 6.91. The zero-order chi connectivity index (χ0) is 12.8. The monoisotopic (exact) mass is 250 g/mol. The van der Waals surface area contributed by atoms with Crippen molar-refractivity contribution in [1.82, 2.24) is 10.2 Å². The maximum absolute atomic E-state index is 12.8. The van der Waals surface area contributed by atoms with Crippen LogP contribution in [0.25, 0.3) is 0 Å². The molecule has 3 heteroatoms. The van der Waals surface area contributed by atoms with Crippen molar-refractivity contribution in [2.75, 3.05) is 26.7 Å². The number of hydrogen-bond acceptors (Lipinski definition) is 2. The van der Waals surface area contributed by atoms with Gasteiger partial charge in [0.25, 0.3) is 0 Å². The Labute approximate surface area is 109 Å². The van der Waals surface area contributed by atoms with Crippen LogP contribution in [0.2, 0.25) is 0 Å². The van der Waals surface area contributed by atoms with Crippen LogP contribution in [0.5, 0.6) is 0 Å². The van der Waals surface area contributed by atoms with E-state index in [9.17, 15) is 4.39 Å². The van der Waals surface area contributed by atoms with Crippen molar-refractivity contribution < 1.29 is 4.39 Å². The van der Waals surface area contributed by atoms with Gasteiger partial charge >= 0.3 is 0 Å². The Morgan fingerprint density at radius 2 is 1.89 bits per heavy atom. The SMILES string of the molecule is CN(CCCc1ccc(F)cc1)C1CCNCC1. The summed E-state index contributed by atoms with van der Waals surface area (Å²) in [6.07, 6.45) is 4.70. The summed E-state index contributed by atoms with van der Waals surface area (Å²) in [5.41, 5.74) is 1.23. The highest BCUT2D eigenvalue weighted by Gasteiger charge is 2.16. The molecule has 0 aromatic heterocycles. The molecule has 0 unspecified atom stereocenters. The van der Waals surface area contributed by atoms with E-state index in [0.29, 0.717) is 0 Å². The van der Waals surface area contributed by atoms with Crippen LogP contribution < -0.4 is 5.32 Å². The van der Waals surface area contributed by atoms with Gasteiger partial charge in [-0.2, -0.15) is 0 Å². The van der Waals surface area contributed by atoms with Gasteiger partial charge < -0.3 is 10.2 Å². The Morgan fingerprint density at radius 1 is 1.22 bits per heavy atom. The van der Waals surface area contributed by atoms with E-state index in [1.54, 1.807) is 12.1 Å². The lowest BCUT2D eigenvalue weighted by Crippen LogP contribution is -2.41. The van der Waals surface area contributed by atoms with Crippen molar-refractivity contribution in [1.29, 1.82) is 0 Å². The quantitative estimate of drug-likeness (QED) is 0.863. The summed E-state index contributed by atoms with van der Waals surface area (Å²) in [6.45, 7) is 3.42. The van der Waals surface area contributed by atoms with Crippen molar-refractivity contribution >= 4 is 0 Å². The third-order valence-corrected chi connectivity index (χ3v) is 3.82. The standard InChI is InChI=1S/C15H23FN2/c1-18(15-8-10-17-11-9-15)12-2-3-13-4-6-14(16)7-5-13/h4-7,15,17H,2-3,8-12H2,1H3. The average Bonchev–Trinajstić information content (AvgIpc) is 2.42. The minimum Gasteiger partial charge on any atom is -0.317 e. The summed E-state index contributed by atoms with van der Waals surface area (Å²) < 4.78 is 12.8. The summed E-state index contributed by atoms with van der Waals surface area (Å²) >= 11 is 0. The van der Waals surface area contributed by atoms with Crippen LogP contribution in [-0.4, -0.2) is 37.6 Å². The lowest BCUT2D eigenvalue weighted by atomic mass is 10.0. The molecule has 1 saturated heterocycles. The molecule has 0 saturated carbocycles. The van der Waals surface area contributed by atoms with E-state index in [4.69, 9.17) is 0 Å². The molecule has 0 aliphatic carbocycles. The topological polar surface area (TPSA) is 15.3 Å². The van der Waals surface area contributed by atoms with E-state index < -0.39 is 0 Å². The highest BCUT2D eigenvalue weighted by atomic mass is 19.1. The molecule has 18 heavy (non-hydrogen) atoms. The molecule has 1 aliphatic rings. The third kappa shape index (κ3) is 4.07. The first kappa shape index (κ1) is 13.5. The van der Waals surface area contributed by atoms with Gasteiger partial charge in [0.2, 0.25) is 0 Å². The number of halogens is 1. The first-order chi connectivity index (χ1) is 8.75. The first-order valence-electron chi connectivity index (χ1n) is 6.91. The van der Waals surface area contributed by atoms with Crippen molar-refractivity contribution in [3.63, 3.8) is 0 Å². The number of benzene rings is 1. The lowest BCUT2D eigenvalue weighted by Gasteiger charge is -2.31. The molecule has 1 aromatic rings. The Bertz CT molecular complexity index is 344. The molecular weight excluding hydrogens is 227 g/mol. The minimum atomic E-state index is -0.148. The van der Waals surface area contributed by atoms with Crippen LogP contribution in [0.15, 0.2) is 24.3 Å². The molecule has 0 bridgehead atoms. The van der Waals surface area contributed by atoms with Crippen LogP contribution in [0.4, 0.5) is 4.39 Å². The van der Waals surface area contributed by atoms with Gasteiger partial charge in [-0.1, -0.05) is 12.1 Å². The number of nitrogens with one attached hydrogen (secondary N) is 1. The van der Waals surface area contributed by atoms with E-state index in [1.807, 2.05) is 12.1 Å². The van der Waals surface area contributed by atoms with Gasteiger partial charge in [0.05, 0.1) is 0 Å². The Kier molecular flexibility index (Phi) is 5.14. The number of hydrogen-bond donors (Lipinski definition) is 1. The molecule has 1 aromatic carbocycles. The van der Waals surface area contributed by atoms with E-state index in [2.05, 4.69) is 17.3 Å². The normalized spacial score (nSPS) is 17.3. The summed E-state index contributed by atoms with van der Waals surface area (Å²) in [4.78, 5) is 2.48. The fourth-order valence-corrected chi connectivity index (χ4v) is 2.61. The van der Waals surface area contributed by atoms with Gasteiger partial charge in [-0.3, -0.25) is 0 Å². The predicted molar refractivity (Wildman–Crippen MR) is 73.2 cm³/mol. The highest BCUT2D eigenvalue weighted by molar-refractivity contribution is 5.15. The maximum atomic E-state index is 12.8. The summed E-state index contributed by atoms with van der Waals surface area (Å²) in [6, 6.07) is 7.61. The van der Waals surface area contributed by atoms with Crippen molar-refractivity contribution in [2.45, 2.75) is 31.7 Å². The number of rotatable bonds is 5. The van der Waals surface area contributed by atoms with Gasteiger partial charge in [0.1, 0.15) is 5.82 Å². The molecule has 1 heterocycles. The second kappa shape index (κ2) is 6.86. The molecule has 1 N–H and O–H groups in total. The van der Waals surface area contributed by atoms with Gasteiger partial charge in [-0.05, 0) is 70.1 Å². The van der Waals surface area contributed by atoms with Crippen molar-refractivity contribution in [3.05, 3.63) is 35.6 Å². The Balaban J connectivity index is 1.69. The summed E-state index contributed by atoms with van der Waals surface area (Å²) in [5, 5.41) is 3.39. The van der Waals surface area contributed by atoms with Crippen molar-refractivity contribution in [3.8, 4) is 0 Å². The van der Waals surface area contributed by atoms with E-state index in [0.717, 1.165) is 38.5 Å². The van der Waals surface area contributed by atoms with E-state index in [-0.39, 0.29) is 5.82 Å². The van der Waals surface area contributed by atoms with E-state index in [1.165, 1.54) is 18.4 Å². The van der Waals surface area contributed by atoms with Crippen LogP contribution >= 0.6 is 0 Å². The largest absolute Gasteiger partial charge is 0.317 e. The van der Waals surface area contributed by atoms with Crippen LogP contribution in [0, 0.1) is 5.82 Å². The van der Waals surface area contributed by atoms with Crippen LogP contribution in [-0.2, 0) is 6.42 Å². The predicted octanol–water partition coefficient (Wildman–Crippen LogP) is 2.44. The van der Waals surface area contributed by atoms with Gasteiger partial charge in [-0.25, -0.2) is 4.39 Å². The zero-order valence-electron chi connectivity index (χ0n) is 11.2. The van der Waals surface area contributed by atoms with Crippen LogP contribution in [0.1, 0.15) is 24.8 Å². The lowest BCUT2D eigenvalue weighted by molar-refractivity contribution is 0.197. The van der Waals surface area contributed by atoms with Gasteiger partial charge in [-0.15, -0.1) is 0 Å². The summed E-state index contributed by atoms with van der Waals surface area (Å²) in [7, 11) is 2.22. The fourth-order valence-electron chi connectivity index (χ4n) is 2.61. The third-order valence-electron chi connectivity index (χ3n) is 3.82. The molecule has 0 radical (unpaired) electrons. The van der Waals surface area contributed by atoms with Crippen LogP contribution in [0.3, 0.4) is 0 Å². The maximum Gasteiger partial charge on any atom is 0.123 e. The molecule has 2 rings (SSSR count).